The first-order valence-electron chi connectivity index (χ1n) is 9.84. The molecule has 2 aromatic carbocycles. The number of rotatable bonds is 7. The molecule has 1 N–H and O–H groups in total. The molecule has 0 bridgehead atoms. The highest BCUT2D eigenvalue weighted by Gasteiger charge is 2.20. The maximum absolute atomic E-state index is 13.3. The van der Waals surface area contributed by atoms with Crippen molar-refractivity contribution in [3.63, 3.8) is 0 Å². The number of fused-ring (bicyclic) bond motifs is 1. The van der Waals surface area contributed by atoms with E-state index in [0.717, 1.165) is 39.4 Å². The largest absolute Gasteiger partial charge is 1.00 e. The SMILES string of the molecule is Cc1ccc(CC(=O)N(CCCn2cc[nH+]c2)c2nc3ccccc3s2)c(C)c1.[I-]. The molecule has 0 saturated heterocycles. The van der Waals surface area contributed by atoms with Crippen LogP contribution in [0.5, 0.6) is 0 Å². The number of thiazole rings is 1. The minimum atomic E-state index is 0. The van der Waals surface area contributed by atoms with Gasteiger partial charge in [0.2, 0.25) is 12.2 Å². The number of carbonyl (C=O) groups excluding carboxylic acids is 1. The molecule has 0 aliphatic carbocycles. The third kappa shape index (κ3) is 5.26. The van der Waals surface area contributed by atoms with Gasteiger partial charge >= 0.3 is 0 Å². The summed E-state index contributed by atoms with van der Waals surface area (Å²) in [5.74, 6) is 0.0927. The number of carbonyl (C=O) groups is 1. The number of aryl methyl sites for hydroxylation is 3. The van der Waals surface area contributed by atoms with Crippen LogP contribution in [0.3, 0.4) is 0 Å². The molecule has 2 heterocycles. The zero-order chi connectivity index (χ0) is 20.2. The molecule has 0 spiro atoms. The van der Waals surface area contributed by atoms with Crippen molar-refractivity contribution in [1.82, 2.24) is 9.55 Å². The summed E-state index contributed by atoms with van der Waals surface area (Å²) in [4.78, 5) is 23.0. The van der Waals surface area contributed by atoms with Gasteiger partial charge in [-0.25, -0.2) is 9.55 Å². The molecule has 0 saturated carbocycles. The van der Waals surface area contributed by atoms with Gasteiger partial charge < -0.3 is 24.0 Å². The average Bonchev–Trinajstić information content (AvgIpc) is 3.36. The number of halogens is 1. The zero-order valence-corrected chi connectivity index (χ0v) is 20.1. The lowest BCUT2D eigenvalue weighted by Crippen LogP contribution is -3.00. The molecule has 0 aliphatic rings. The van der Waals surface area contributed by atoms with Gasteiger partial charge in [-0.05, 0) is 37.1 Å². The maximum atomic E-state index is 13.3. The van der Waals surface area contributed by atoms with Crippen molar-refractivity contribution in [3.05, 3.63) is 77.9 Å². The van der Waals surface area contributed by atoms with E-state index >= 15 is 0 Å². The average molecular weight is 532 g/mol. The van der Waals surface area contributed by atoms with Gasteiger partial charge in [-0.3, -0.25) is 14.7 Å². The van der Waals surface area contributed by atoms with Crippen LogP contribution in [0.4, 0.5) is 5.13 Å². The normalized spacial score (nSPS) is 10.7. The summed E-state index contributed by atoms with van der Waals surface area (Å²) >= 11 is 1.58. The number of nitrogens with one attached hydrogen (secondary N) is 1. The lowest BCUT2D eigenvalue weighted by Gasteiger charge is -2.20. The second kappa shape index (κ2) is 10.2. The Bertz CT molecular complexity index is 1090. The molecule has 5 nitrogen and oxygen atoms in total. The van der Waals surface area contributed by atoms with Crippen molar-refractivity contribution >= 4 is 32.6 Å². The molecule has 0 fully saturated rings. The molecular formula is C23H25IN4OS. The number of amides is 1. The Hall–Kier alpha value is -2.26. The summed E-state index contributed by atoms with van der Waals surface area (Å²) in [6, 6.07) is 14.3. The second-order valence-electron chi connectivity index (χ2n) is 7.32. The number of hydrogen-bond acceptors (Lipinski definition) is 3. The fourth-order valence-corrected chi connectivity index (χ4v) is 4.48. The van der Waals surface area contributed by atoms with E-state index in [1.807, 2.05) is 41.8 Å². The van der Waals surface area contributed by atoms with Crippen LogP contribution in [-0.4, -0.2) is 22.0 Å². The first-order valence-corrected chi connectivity index (χ1v) is 10.7. The topological polar surface area (TPSA) is 52.3 Å². The summed E-state index contributed by atoms with van der Waals surface area (Å²) < 4.78 is 3.19. The molecule has 2 aromatic heterocycles. The van der Waals surface area contributed by atoms with Crippen molar-refractivity contribution in [2.24, 2.45) is 0 Å². The van der Waals surface area contributed by atoms with E-state index in [1.165, 1.54) is 5.56 Å². The molecule has 156 valence electrons. The first kappa shape index (κ1) is 22.4. The van der Waals surface area contributed by atoms with E-state index in [1.54, 1.807) is 11.3 Å². The van der Waals surface area contributed by atoms with Crippen LogP contribution in [0.2, 0.25) is 0 Å². The van der Waals surface area contributed by atoms with Crippen LogP contribution in [0.25, 0.3) is 10.2 Å². The van der Waals surface area contributed by atoms with Gasteiger partial charge in [0.1, 0.15) is 12.4 Å². The van der Waals surface area contributed by atoms with E-state index in [0.29, 0.717) is 13.0 Å². The van der Waals surface area contributed by atoms with Crippen LogP contribution in [0.1, 0.15) is 23.1 Å². The minimum absolute atomic E-state index is 0. The van der Waals surface area contributed by atoms with Crippen molar-refractivity contribution < 1.29 is 33.8 Å². The number of imidazole rings is 1. The van der Waals surface area contributed by atoms with Gasteiger partial charge in [-0.1, -0.05) is 47.2 Å². The van der Waals surface area contributed by atoms with Crippen molar-refractivity contribution in [3.8, 4) is 0 Å². The Kier molecular flexibility index (Phi) is 7.60. The summed E-state index contributed by atoms with van der Waals surface area (Å²) in [6.07, 6.45) is 7.08. The fourth-order valence-electron chi connectivity index (χ4n) is 3.48. The molecule has 7 heteroatoms. The van der Waals surface area contributed by atoms with E-state index in [4.69, 9.17) is 4.98 Å². The van der Waals surface area contributed by atoms with Crippen LogP contribution < -0.4 is 33.9 Å². The zero-order valence-electron chi connectivity index (χ0n) is 17.1. The van der Waals surface area contributed by atoms with Crippen molar-refractivity contribution in [1.29, 1.82) is 0 Å². The van der Waals surface area contributed by atoms with Gasteiger partial charge in [-0.2, -0.15) is 0 Å². The van der Waals surface area contributed by atoms with E-state index in [-0.39, 0.29) is 29.9 Å². The molecule has 1 amide bonds. The number of nitrogens with zero attached hydrogens (tertiary/aromatic N) is 3. The second-order valence-corrected chi connectivity index (χ2v) is 8.33. The number of hydrogen-bond donors (Lipinski definition) is 0. The third-order valence-electron chi connectivity index (χ3n) is 5.05. The highest BCUT2D eigenvalue weighted by atomic mass is 127. The molecule has 0 unspecified atom stereocenters. The van der Waals surface area contributed by atoms with Crippen molar-refractivity contribution in [2.75, 3.05) is 11.4 Å². The summed E-state index contributed by atoms with van der Waals surface area (Å²) in [6.45, 7) is 5.63. The lowest BCUT2D eigenvalue weighted by molar-refractivity contribution is -0.377. The summed E-state index contributed by atoms with van der Waals surface area (Å²) in [5, 5.41) is 0.778. The predicted octanol–water partition coefficient (Wildman–Crippen LogP) is 1.20. The summed E-state index contributed by atoms with van der Waals surface area (Å²) in [7, 11) is 0. The van der Waals surface area contributed by atoms with Crippen LogP contribution in [0.15, 0.2) is 61.2 Å². The molecule has 0 radical (unpaired) electrons. The highest BCUT2D eigenvalue weighted by Crippen LogP contribution is 2.29. The van der Waals surface area contributed by atoms with Crippen molar-refractivity contribution in [2.45, 2.75) is 33.2 Å². The molecule has 30 heavy (non-hydrogen) atoms. The van der Waals surface area contributed by atoms with E-state index in [9.17, 15) is 4.79 Å². The maximum Gasteiger partial charge on any atom is 0.241 e. The van der Waals surface area contributed by atoms with E-state index in [2.05, 4.69) is 47.7 Å². The van der Waals surface area contributed by atoms with Crippen LogP contribution in [-0.2, 0) is 17.8 Å². The minimum Gasteiger partial charge on any atom is -1.00 e. The standard InChI is InChI=1S/C23H24N4OS.HI/c1-17-8-9-19(18(2)14-17)15-22(28)27(12-5-11-26-13-10-24-16-26)23-25-20-6-3-4-7-21(20)29-23;/h3-4,6-10,13-14,16H,5,11-12,15H2,1-2H3;1H. The lowest BCUT2D eigenvalue weighted by atomic mass is 10.0. The van der Waals surface area contributed by atoms with Gasteiger partial charge in [0.05, 0.1) is 23.2 Å². The number of benzene rings is 2. The monoisotopic (exact) mass is 532 g/mol. The quantitative estimate of drug-likeness (QED) is 0.336. The molecule has 4 rings (SSSR count). The smallest absolute Gasteiger partial charge is 0.241 e. The first-order chi connectivity index (χ1) is 14.1. The Morgan fingerprint density at radius 3 is 2.77 bits per heavy atom. The Labute approximate surface area is 197 Å². The van der Waals surface area contributed by atoms with E-state index < -0.39 is 0 Å². The number of H-pyrrole nitrogens is 1. The van der Waals surface area contributed by atoms with Crippen LogP contribution >= 0.6 is 11.3 Å². The van der Waals surface area contributed by atoms with Gasteiger partial charge in [-0.15, -0.1) is 0 Å². The van der Waals surface area contributed by atoms with Gasteiger partial charge in [0.15, 0.2) is 5.13 Å². The Morgan fingerprint density at radius 1 is 1.20 bits per heavy atom. The predicted molar refractivity (Wildman–Crippen MR) is 117 cm³/mol. The fraction of sp³-hybridized carbons (Fsp3) is 0.261. The third-order valence-corrected chi connectivity index (χ3v) is 6.11. The number of aromatic nitrogens is 3. The summed E-state index contributed by atoms with van der Waals surface area (Å²) in [5.41, 5.74) is 4.39. The molecular weight excluding hydrogens is 507 g/mol. The van der Waals surface area contributed by atoms with Gasteiger partial charge in [0.25, 0.3) is 0 Å². The molecule has 4 aromatic rings. The van der Waals surface area contributed by atoms with Crippen LogP contribution in [0, 0.1) is 13.8 Å². The number of para-hydroxylation sites is 1. The van der Waals surface area contributed by atoms with Gasteiger partial charge in [0, 0.05) is 13.0 Å². The number of aromatic amines is 1. The number of anilines is 1. The Morgan fingerprint density at radius 2 is 2.03 bits per heavy atom. The Balaban J connectivity index is 0.00000256. The molecule has 0 atom stereocenters. The highest BCUT2D eigenvalue weighted by molar-refractivity contribution is 7.22. The molecule has 0 aliphatic heterocycles.